The Morgan fingerprint density at radius 3 is 3.19 bits per heavy atom. The van der Waals surface area contributed by atoms with Crippen molar-refractivity contribution >= 4 is 44.6 Å². The van der Waals surface area contributed by atoms with Crippen LogP contribution in [0.1, 0.15) is 6.92 Å². The molecule has 0 atom stereocenters. The number of thiazole rings is 1. The van der Waals surface area contributed by atoms with Crippen LogP contribution in [-0.4, -0.2) is 27.7 Å². The van der Waals surface area contributed by atoms with Crippen molar-refractivity contribution in [3.63, 3.8) is 0 Å². The van der Waals surface area contributed by atoms with E-state index >= 15 is 0 Å². The summed E-state index contributed by atoms with van der Waals surface area (Å²) >= 11 is 6.86. The number of rotatable bonds is 2. The van der Waals surface area contributed by atoms with E-state index in [4.69, 9.17) is 16.3 Å². The molecule has 2 aromatic heterocycles. The molecule has 2 aromatic rings. The average molecular weight is 259 g/mol. The van der Waals surface area contributed by atoms with Crippen molar-refractivity contribution in [2.24, 2.45) is 0 Å². The molecule has 0 aliphatic carbocycles. The van der Waals surface area contributed by atoms with Crippen LogP contribution in [0.4, 0.5) is 9.93 Å². The maximum atomic E-state index is 11.1. The number of hydrogen-bond donors (Lipinski definition) is 1. The number of hydrogen-bond acceptors (Lipinski definition) is 6. The van der Waals surface area contributed by atoms with Gasteiger partial charge in [0.1, 0.15) is 5.15 Å². The number of amides is 1. The summed E-state index contributed by atoms with van der Waals surface area (Å²) in [5.74, 6) is 0. The first-order valence-electron chi connectivity index (χ1n) is 4.42. The number of ether oxygens (including phenoxy) is 1. The topological polar surface area (TPSA) is 77.0 Å². The van der Waals surface area contributed by atoms with Crippen LogP contribution in [0, 0.1) is 0 Å². The Morgan fingerprint density at radius 1 is 1.62 bits per heavy atom. The van der Waals surface area contributed by atoms with Crippen molar-refractivity contribution in [1.29, 1.82) is 0 Å². The highest BCUT2D eigenvalue weighted by atomic mass is 35.5. The van der Waals surface area contributed by atoms with Gasteiger partial charge in [0, 0.05) is 0 Å². The van der Waals surface area contributed by atoms with Crippen LogP contribution in [0.15, 0.2) is 6.20 Å². The lowest BCUT2D eigenvalue weighted by molar-refractivity contribution is 0.168. The van der Waals surface area contributed by atoms with E-state index in [1.165, 1.54) is 17.5 Å². The summed E-state index contributed by atoms with van der Waals surface area (Å²) in [5.41, 5.74) is 0.446. The lowest BCUT2D eigenvalue weighted by atomic mass is 10.7. The lowest BCUT2D eigenvalue weighted by Gasteiger charge is -1.99. The summed E-state index contributed by atoms with van der Waals surface area (Å²) in [4.78, 5) is 23.7. The lowest BCUT2D eigenvalue weighted by Crippen LogP contribution is -2.12. The fourth-order valence-corrected chi connectivity index (χ4v) is 1.98. The molecule has 0 radical (unpaired) electrons. The smallest absolute Gasteiger partial charge is 0.413 e. The number of fused-ring (bicyclic) bond motifs is 1. The molecule has 1 amide bonds. The van der Waals surface area contributed by atoms with Gasteiger partial charge >= 0.3 is 6.09 Å². The van der Waals surface area contributed by atoms with Gasteiger partial charge in [-0.3, -0.25) is 5.32 Å². The molecule has 0 aromatic carbocycles. The molecule has 0 unspecified atom stereocenters. The highest BCUT2D eigenvalue weighted by Gasteiger charge is 2.09. The molecule has 8 heteroatoms. The number of carbonyl (C=O) groups excluding carboxylic acids is 1. The Kier molecular flexibility index (Phi) is 3.16. The average Bonchev–Trinajstić information content (AvgIpc) is 2.59. The maximum absolute atomic E-state index is 11.1. The van der Waals surface area contributed by atoms with Gasteiger partial charge in [0.05, 0.1) is 12.8 Å². The predicted molar refractivity (Wildman–Crippen MR) is 60.9 cm³/mol. The summed E-state index contributed by atoms with van der Waals surface area (Å²) in [5, 5.41) is 3.15. The molecule has 0 spiro atoms. The van der Waals surface area contributed by atoms with E-state index < -0.39 is 6.09 Å². The maximum Gasteiger partial charge on any atom is 0.413 e. The van der Waals surface area contributed by atoms with Gasteiger partial charge in [-0.05, 0) is 6.92 Å². The zero-order valence-electron chi connectivity index (χ0n) is 8.23. The van der Waals surface area contributed by atoms with Crippen LogP contribution in [0.3, 0.4) is 0 Å². The largest absolute Gasteiger partial charge is 0.450 e. The van der Waals surface area contributed by atoms with Crippen LogP contribution in [-0.2, 0) is 4.74 Å². The highest BCUT2D eigenvalue weighted by Crippen LogP contribution is 2.23. The van der Waals surface area contributed by atoms with Crippen LogP contribution < -0.4 is 5.32 Å². The number of carbonyl (C=O) groups is 1. The Bertz CT molecular complexity index is 530. The number of halogens is 1. The molecular formula is C8H7ClN4O2S. The summed E-state index contributed by atoms with van der Waals surface area (Å²) < 4.78 is 4.72. The molecule has 6 nitrogen and oxygen atoms in total. The van der Waals surface area contributed by atoms with Gasteiger partial charge in [-0.25, -0.2) is 14.8 Å². The molecule has 0 fully saturated rings. The summed E-state index contributed by atoms with van der Waals surface area (Å²) in [6.07, 6.45) is 0.852. The van der Waals surface area contributed by atoms with Gasteiger partial charge in [-0.2, -0.15) is 4.98 Å². The van der Waals surface area contributed by atoms with E-state index in [0.717, 1.165) is 0 Å². The van der Waals surface area contributed by atoms with Crippen molar-refractivity contribution in [3.8, 4) is 0 Å². The molecule has 1 N–H and O–H groups in total. The van der Waals surface area contributed by atoms with Crippen LogP contribution >= 0.6 is 22.9 Å². The molecule has 2 rings (SSSR count). The first-order valence-corrected chi connectivity index (χ1v) is 5.61. The Labute approximate surface area is 99.6 Å². The van der Waals surface area contributed by atoms with Crippen molar-refractivity contribution in [1.82, 2.24) is 15.0 Å². The normalized spacial score (nSPS) is 10.4. The zero-order chi connectivity index (χ0) is 11.5. The van der Waals surface area contributed by atoms with Gasteiger partial charge in [0.25, 0.3) is 0 Å². The molecule has 0 aliphatic heterocycles. The quantitative estimate of drug-likeness (QED) is 0.894. The standard InChI is InChI=1S/C8H7ClN4O2S/c1-2-15-8(14)13-7-12-5-6(16-7)11-4(9)3-10-5/h3H,2H2,1H3,(H,10,12,13,14). The zero-order valence-corrected chi connectivity index (χ0v) is 9.80. The Hall–Kier alpha value is -1.47. The van der Waals surface area contributed by atoms with E-state index in [0.29, 0.717) is 27.4 Å². The SMILES string of the molecule is CCOC(=O)Nc1nc2ncc(Cl)nc2s1. The number of aromatic nitrogens is 3. The minimum absolute atomic E-state index is 0.291. The Morgan fingerprint density at radius 2 is 2.44 bits per heavy atom. The van der Waals surface area contributed by atoms with Crippen molar-refractivity contribution in [2.45, 2.75) is 6.92 Å². The molecular weight excluding hydrogens is 252 g/mol. The van der Waals surface area contributed by atoms with Crippen LogP contribution in [0.5, 0.6) is 0 Å². The third kappa shape index (κ3) is 2.37. The number of nitrogens with one attached hydrogen (secondary N) is 1. The van der Waals surface area contributed by atoms with Crippen molar-refractivity contribution in [3.05, 3.63) is 11.3 Å². The van der Waals surface area contributed by atoms with Gasteiger partial charge in [0.15, 0.2) is 15.6 Å². The van der Waals surface area contributed by atoms with Gasteiger partial charge < -0.3 is 4.74 Å². The third-order valence-corrected chi connectivity index (χ3v) is 2.61. The van der Waals surface area contributed by atoms with E-state index in [9.17, 15) is 4.79 Å². The monoisotopic (exact) mass is 258 g/mol. The summed E-state index contributed by atoms with van der Waals surface area (Å²) in [6.45, 7) is 2.03. The summed E-state index contributed by atoms with van der Waals surface area (Å²) in [7, 11) is 0. The third-order valence-electron chi connectivity index (χ3n) is 1.58. The van der Waals surface area contributed by atoms with Crippen LogP contribution in [0.25, 0.3) is 10.5 Å². The highest BCUT2D eigenvalue weighted by molar-refractivity contribution is 7.21. The van der Waals surface area contributed by atoms with Gasteiger partial charge in [-0.15, -0.1) is 0 Å². The second-order valence-electron chi connectivity index (χ2n) is 2.69. The first-order chi connectivity index (χ1) is 7.69. The molecule has 0 saturated heterocycles. The van der Waals surface area contributed by atoms with Crippen molar-refractivity contribution < 1.29 is 9.53 Å². The van der Waals surface area contributed by atoms with Crippen LogP contribution in [0.2, 0.25) is 5.15 Å². The Balaban J connectivity index is 2.23. The second-order valence-corrected chi connectivity index (χ2v) is 4.05. The first kappa shape index (κ1) is 11.0. The van der Waals surface area contributed by atoms with Crippen molar-refractivity contribution in [2.75, 3.05) is 11.9 Å². The molecule has 0 saturated carbocycles. The van der Waals surface area contributed by atoms with Gasteiger partial charge in [0.2, 0.25) is 0 Å². The van der Waals surface area contributed by atoms with E-state index in [2.05, 4.69) is 20.3 Å². The molecule has 84 valence electrons. The summed E-state index contributed by atoms with van der Waals surface area (Å²) in [6, 6.07) is 0. The number of anilines is 1. The number of nitrogens with zero attached hydrogens (tertiary/aromatic N) is 3. The van der Waals surface area contributed by atoms with E-state index in [1.54, 1.807) is 6.92 Å². The minimum Gasteiger partial charge on any atom is -0.450 e. The predicted octanol–water partition coefficient (Wildman–Crippen LogP) is 2.31. The minimum atomic E-state index is -0.548. The molecule has 2 heterocycles. The van der Waals surface area contributed by atoms with E-state index in [1.807, 2.05) is 0 Å². The fourth-order valence-electron chi connectivity index (χ4n) is 1.01. The molecule has 0 bridgehead atoms. The van der Waals surface area contributed by atoms with E-state index in [-0.39, 0.29) is 0 Å². The second kappa shape index (κ2) is 4.58. The fraction of sp³-hybridized carbons (Fsp3) is 0.250. The molecule has 16 heavy (non-hydrogen) atoms. The molecule has 0 aliphatic rings. The van der Waals surface area contributed by atoms with Gasteiger partial charge in [-0.1, -0.05) is 22.9 Å².